The van der Waals surface area contributed by atoms with Crippen LogP contribution in [0, 0.1) is 6.92 Å². The molecule has 0 aliphatic heterocycles. The summed E-state index contributed by atoms with van der Waals surface area (Å²) in [6, 6.07) is 4.46. The Morgan fingerprint density at radius 3 is 2.37 bits per heavy atom. The lowest BCUT2D eigenvalue weighted by Gasteiger charge is -2.09. The van der Waals surface area contributed by atoms with Gasteiger partial charge in [0.05, 0.1) is 10.6 Å². The molecule has 0 saturated carbocycles. The minimum atomic E-state index is -3.67. The monoisotopic (exact) mass is 307 g/mol. The first-order chi connectivity index (χ1) is 8.62. The molecule has 0 aliphatic rings. The standard InChI is InChI=1S/C10H17N3O4S2/c1-8-7-9(11)3-4-10(8)19(16,17)13-5-2-6-18(12,14)15/h3-4,7,13H,2,5-6,11H2,1H3,(H2,12,14,15). The van der Waals surface area contributed by atoms with Crippen LogP contribution in [0.5, 0.6) is 0 Å². The second-order valence-corrected chi connectivity index (χ2v) is 7.61. The first-order valence-electron chi connectivity index (χ1n) is 5.48. The van der Waals surface area contributed by atoms with Gasteiger partial charge in [0, 0.05) is 12.2 Å². The van der Waals surface area contributed by atoms with Crippen molar-refractivity contribution >= 4 is 25.7 Å². The molecule has 0 atom stereocenters. The van der Waals surface area contributed by atoms with Gasteiger partial charge in [0.1, 0.15) is 0 Å². The van der Waals surface area contributed by atoms with E-state index in [1.54, 1.807) is 13.0 Å². The maximum absolute atomic E-state index is 12.0. The molecular weight excluding hydrogens is 290 g/mol. The summed E-state index contributed by atoms with van der Waals surface area (Å²) in [6.07, 6.45) is 0.117. The average Bonchev–Trinajstić information content (AvgIpc) is 2.22. The summed E-state index contributed by atoms with van der Waals surface area (Å²) < 4.78 is 47.6. The third-order valence-corrected chi connectivity index (χ3v) is 4.87. The Balaban J connectivity index is 2.71. The molecule has 1 rings (SSSR count). The summed E-state index contributed by atoms with van der Waals surface area (Å²) in [5, 5.41) is 4.82. The van der Waals surface area contributed by atoms with E-state index in [4.69, 9.17) is 10.9 Å². The number of aryl methyl sites for hydroxylation is 1. The van der Waals surface area contributed by atoms with E-state index in [-0.39, 0.29) is 23.6 Å². The number of hydrogen-bond donors (Lipinski definition) is 3. The van der Waals surface area contributed by atoms with Gasteiger partial charge < -0.3 is 5.73 Å². The fourth-order valence-electron chi connectivity index (χ4n) is 1.53. The molecule has 7 nitrogen and oxygen atoms in total. The topological polar surface area (TPSA) is 132 Å². The van der Waals surface area contributed by atoms with Crippen LogP contribution in [0.1, 0.15) is 12.0 Å². The molecule has 1 aromatic rings. The molecule has 0 spiro atoms. The van der Waals surface area contributed by atoms with Gasteiger partial charge >= 0.3 is 0 Å². The highest BCUT2D eigenvalue weighted by Gasteiger charge is 2.16. The van der Waals surface area contributed by atoms with E-state index in [0.717, 1.165) is 0 Å². The minimum Gasteiger partial charge on any atom is -0.399 e. The molecule has 9 heteroatoms. The van der Waals surface area contributed by atoms with Crippen LogP contribution in [0.15, 0.2) is 23.1 Å². The Morgan fingerprint density at radius 2 is 1.84 bits per heavy atom. The summed E-state index contributed by atoms with van der Waals surface area (Å²) in [5.41, 5.74) is 6.55. The third kappa shape index (κ3) is 5.15. The second kappa shape index (κ2) is 5.87. The number of benzene rings is 1. The molecule has 0 fully saturated rings. The Bertz CT molecular complexity index is 653. The SMILES string of the molecule is Cc1cc(N)ccc1S(=O)(=O)NCCCS(N)(=O)=O. The summed E-state index contributed by atoms with van der Waals surface area (Å²) in [7, 11) is -7.24. The van der Waals surface area contributed by atoms with Crippen molar-refractivity contribution in [3.63, 3.8) is 0 Å². The van der Waals surface area contributed by atoms with Crippen molar-refractivity contribution in [1.82, 2.24) is 4.72 Å². The van der Waals surface area contributed by atoms with E-state index < -0.39 is 20.0 Å². The van der Waals surface area contributed by atoms with E-state index in [2.05, 4.69) is 4.72 Å². The molecular formula is C10H17N3O4S2. The summed E-state index contributed by atoms with van der Waals surface area (Å²) in [4.78, 5) is 0.123. The van der Waals surface area contributed by atoms with E-state index in [9.17, 15) is 16.8 Å². The van der Waals surface area contributed by atoms with Crippen LogP contribution in [0.25, 0.3) is 0 Å². The average molecular weight is 307 g/mol. The smallest absolute Gasteiger partial charge is 0.240 e. The lowest BCUT2D eigenvalue weighted by atomic mass is 10.2. The van der Waals surface area contributed by atoms with Crippen LogP contribution in [0.4, 0.5) is 5.69 Å². The fraction of sp³-hybridized carbons (Fsp3) is 0.400. The van der Waals surface area contributed by atoms with Crippen LogP contribution in [0.2, 0.25) is 0 Å². The van der Waals surface area contributed by atoms with E-state index in [1.165, 1.54) is 12.1 Å². The van der Waals surface area contributed by atoms with Gasteiger partial charge in [0.2, 0.25) is 20.0 Å². The van der Waals surface area contributed by atoms with E-state index >= 15 is 0 Å². The zero-order valence-electron chi connectivity index (χ0n) is 10.5. The van der Waals surface area contributed by atoms with Gasteiger partial charge in [-0.05, 0) is 37.1 Å². The lowest BCUT2D eigenvalue weighted by molar-refractivity contribution is 0.576. The Kier molecular flexibility index (Phi) is 4.91. The van der Waals surface area contributed by atoms with Crippen molar-refractivity contribution < 1.29 is 16.8 Å². The summed E-state index contributed by atoms with van der Waals surface area (Å²) in [6.45, 7) is 1.64. The molecule has 0 heterocycles. The van der Waals surface area contributed by atoms with E-state index in [1.807, 2.05) is 0 Å². The maximum atomic E-state index is 12.0. The van der Waals surface area contributed by atoms with Crippen molar-refractivity contribution in [3.05, 3.63) is 23.8 Å². The van der Waals surface area contributed by atoms with Gasteiger partial charge in [0.15, 0.2) is 0 Å². The molecule has 0 radical (unpaired) electrons. The molecule has 0 aliphatic carbocycles. The number of nitrogens with two attached hydrogens (primary N) is 2. The predicted octanol–water partition coefficient (Wildman–Crippen LogP) is -0.466. The van der Waals surface area contributed by atoms with Gasteiger partial charge in [0.25, 0.3) is 0 Å². The Morgan fingerprint density at radius 1 is 1.21 bits per heavy atom. The number of nitrogen functional groups attached to an aromatic ring is 1. The molecule has 0 bridgehead atoms. The van der Waals surface area contributed by atoms with Crippen molar-refractivity contribution in [2.45, 2.75) is 18.2 Å². The van der Waals surface area contributed by atoms with E-state index in [0.29, 0.717) is 11.3 Å². The lowest BCUT2D eigenvalue weighted by Crippen LogP contribution is -2.28. The zero-order valence-corrected chi connectivity index (χ0v) is 12.1. The van der Waals surface area contributed by atoms with Crippen LogP contribution in [0.3, 0.4) is 0 Å². The Hall–Kier alpha value is -1.16. The number of sulfonamides is 2. The van der Waals surface area contributed by atoms with Gasteiger partial charge in [-0.1, -0.05) is 0 Å². The summed E-state index contributed by atoms with van der Waals surface area (Å²) >= 11 is 0. The summed E-state index contributed by atoms with van der Waals surface area (Å²) in [5.74, 6) is -0.268. The highest BCUT2D eigenvalue weighted by molar-refractivity contribution is 7.89. The second-order valence-electron chi connectivity index (χ2n) is 4.14. The number of hydrogen-bond acceptors (Lipinski definition) is 5. The van der Waals surface area contributed by atoms with Gasteiger partial charge in [-0.3, -0.25) is 0 Å². The Labute approximate surface area is 113 Å². The van der Waals surface area contributed by atoms with Crippen LogP contribution >= 0.6 is 0 Å². The number of anilines is 1. The highest BCUT2D eigenvalue weighted by atomic mass is 32.2. The first-order valence-corrected chi connectivity index (χ1v) is 8.68. The fourth-order valence-corrected chi connectivity index (χ4v) is 3.38. The van der Waals surface area contributed by atoms with Gasteiger partial charge in [-0.2, -0.15) is 0 Å². The first kappa shape index (κ1) is 15.9. The molecule has 0 unspecified atom stereocenters. The number of primary sulfonamides is 1. The molecule has 0 saturated heterocycles. The largest absolute Gasteiger partial charge is 0.399 e. The molecule has 19 heavy (non-hydrogen) atoms. The van der Waals surface area contributed by atoms with Crippen LogP contribution < -0.4 is 15.6 Å². The zero-order chi connectivity index (χ0) is 14.7. The normalized spacial score (nSPS) is 12.5. The van der Waals surface area contributed by atoms with Crippen molar-refractivity contribution in [1.29, 1.82) is 0 Å². The van der Waals surface area contributed by atoms with Crippen LogP contribution in [-0.4, -0.2) is 29.1 Å². The quantitative estimate of drug-likeness (QED) is 0.483. The van der Waals surface area contributed by atoms with Crippen molar-refractivity contribution in [2.24, 2.45) is 5.14 Å². The molecule has 5 N–H and O–H groups in total. The number of nitrogens with one attached hydrogen (secondary N) is 1. The van der Waals surface area contributed by atoms with Gasteiger partial charge in [-0.25, -0.2) is 26.7 Å². The molecule has 108 valence electrons. The molecule has 0 aromatic heterocycles. The maximum Gasteiger partial charge on any atom is 0.240 e. The molecule has 1 aromatic carbocycles. The minimum absolute atomic E-state index is 0.00256. The van der Waals surface area contributed by atoms with Crippen LogP contribution in [-0.2, 0) is 20.0 Å². The van der Waals surface area contributed by atoms with Gasteiger partial charge in [-0.15, -0.1) is 0 Å². The predicted molar refractivity (Wildman–Crippen MR) is 73.4 cm³/mol. The highest BCUT2D eigenvalue weighted by Crippen LogP contribution is 2.17. The van der Waals surface area contributed by atoms with Crippen molar-refractivity contribution in [2.75, 3.05) is 18.0 Å². The van der Waals surface area contributed by atoms with Crippen molar-refractivity contribution in [3.8, 4) is 0 Å². The molecule has 0 amide bonds. The number of rotatable bonds is 6. The third-order valence-electron chi connectivity index (χ3n) is 2.39.